The predicted molar refractivity (Wildman–Crippen MR) is 64.1 cm³/mol. The van der Waals surface area contributed by atoms with Gasteiger partial charge in [0.1, 0.15) is 5.25 Å². The molecule has 1 unspecified atom stereocenters. The molecule has 0 saturated heterocycles. The molecule has 7 N–H and O–H groups in total. The number of rotatable bonds is 5. The van der Waals surface area contributed by atoms with Gasteiger partial charge in [-0.2, -0.15) is 25.3 Å². The third-order valence-electron chi connectivity index (χ3n) is 1.89. The third-order valence-corrected chi connectivity index (χ3v) is 6.93. The van der Waals surface area contributed by atoms with Crippen LogP contribution in [0.5, 0.6) is 0 Å². The van der Waals surface area contributed by atoms with Gasteiger partial charge in [-0.05, 0) is 13.8 Å². The topological polar surface area (TPSA) is 221 Å². The number of nitrogens with two attached hydrogens (primary N) is 1. The molecule has 0 heterocycles. The summed E-state index contributed by atoms with van der Waals surface area (Å²) >= 11 is 0. The fraction of sp³-hybridized carbons (Fsp3) is 1.00. The van der Waals surface area contributed by atoms with Crippen molar-refractivity contribution in [2.45, 2.75) is 29.2 Å². The quantitative estimate of drug-likeness (QED) is 0.376. The molecule has 0 amide bonds. The van der Waals surface area contributed by atoms with Crippen molar-refractivity contribution in [2.24, 2.45) is 5.73 Å². The molecule has 0 aliphatic rings. The van der Waals surface area contributed by atoms with Crippen LogP contribution >= 0.6 is 0 Å². The summed E-state index contributed by atoms with van der Waals surface area (Å²) in [4.78, 5) is 0. The van der Waals surface area contributed by atoms with Gasteiger partial charge in [0.25, 0.3) is 30.4 Å². The maximum atomic E-state index is 11.0. The second-order valence-electron chi connectivity index (χ2n) is 4.16. The van der Waals surface area contributed by atoms with Crippen molar-refractivity contribution in [2.75, 3.05) is 0 Å². The van der Waals surface area contributed by atoms with Crippen molar-refractivity contribution < 1.29 is 44.4 Å². The zero-order valence-electron chi connectivity index (χ0n) is 9.75. The standard InChI is InChI=1S/C5H13NO9S3.H2O/c1-5(2,6)3(16(7,8)9)4(17(10,11)12)18(13,14)15;/h3-4H,6H2,1-2H3,(H,7,8,9)(H,10,11,12)(H,13,14,15);1H2. The molecular weight excluding hydrogens is 330 g/mol. The van der Waals surface area contributed by atoms with Gasteiger partial charge in [0, 0.05) is 5.54 Å². The van der Waals surface area contributed by atoms with Crippen LogP contribution < -0.4 is 5.73 Å². The van der Waals surface area contributed by atoms with E-state index in [1.165, 1.54) is 0 Å². The highest BCUT2D eigenvalue weighted by Gasteiger charge is 2.54. The fourth-order valence-corrected chi connectivity index (χ4v) is 6.63. The van der Waals surface area contributed by atoms with Gasteiger partial charge in [-0.3, -0.25) is 13.7 Å². The Kier molecular flexibility index (Phi) is 6.14. The molecule has 0 aliphatic carbocycles. The summed E-state index contributed by atoms with van der Waals surface area (Å²) in [6, 6.07) is 0. The summed E-state index contributed by atoms with van der Waals surface area (Å²) < 4.78 is 88.7. The van der Waals surface area contributed by atoms with Crippen LogP contribution in [0.15, 0.2) is 0 Å². The molecule has 0 radical (unpaired) electrons. The summed E-state index contributed by atoms with van der Waals surface area (Å²) in [6.45, 7) is 1.80. The van der Waals surface area contributed by atoms with Gasteiger partial charge < -0.3 is 11.2 Å². The maximum Gasteiger partial charge on any atom is 0.286 e. The Balaban J connectivity index is 0. The Morgan fingerprint density at radius 2 is 1.11 bits per heavy atom. The molecule has 0 aromatic rings. The first-order valence-electron chi connectivity index (χ1n) is 4.17. The van der Waals surface area contributed by atoms with Crippen molar-refractivity contribution in [3.05, 3.63) is 0 Å². The van der Waals surface area contributed by atoms with E-state index in [9.17, 15) is 25.3 Å². The molecule has 0 spiro atoms. The molecule has 0 fully saturated rings. The molecule has 118 valence electrons. The minimum Gasteiger partial charge on any atom is -0.412 e. The van der Waals surface area contributed by atoms with Crippen molar-refractivity contribution in [3.63, 3.8) is 0 Å². The van der Waals surface area contributed by atoms with E-state index in [1.54, 1.807) is 0 Å². The second-order valence-corrected chi connectivity index (χ2v) is 9.07. The van der Waals surface area contributed by atoms with Crippen molar-refractivity contribution in [3.8, 4) is 0 Å². The van der Waals surface area contributed by atoms with Gasteiger partial charge in [-0.15, -0.1) is 0 Å². The minimum atomic E-state index is -5.55. The van der Waals surface area contributed by atoms with Crippen molar-refractivity contribution in [1.82, 2.24) is 0 Å². The first kappa shape index (κ1) is 21.0. The third kappa shape index (κ3) is 5.65. The minimum absolute atomic E-state index is 0. The lowest BCUT2D eigenvalue weighted by Gasteiger charge is -2.30. The van der Waals surface area contributed by atoms with E-state index in [0.717, 1.165) is 13.8 Å². The van der Waals surface area contributed by atoms with Crippen molar-refractivity contribution >= 4 is 30.4 Å². The molecule has 0 saturated carbocycles. The number of hydrogen-bond acceptors (Lipinski definition) is 7. The Hall–Kier alpha value is -0.350. The normalized spacial score (nSPS) is 15.9. The Morgan fingerprint density at radius 1 is 0.842 bits per heavy atom. The largest absolute Gasteiger partial charge is 0.412 e. The average molecular weight is 345 g/mol. The van der Waals surface area contributed by atoms with Crippen LogP contribution in [0, 0.1) is 0 Å². The lowest BCUT2D eigenvalue weighted by atomic mass is 10.0. The van der Waals surface area contributed by atoms with E-state index in [-0.39, 0.29) is 5.48 Å². The fourth-order valence-electron chi connectivity index (χ4n) is 1.34. The summed E-state index contributed by atoms with van der Waals surface area (Å²) in [7, 11) is -16.4. The van der Waals surface area contributed by atoms with E-state index >= 15 is 0 Å². The Bertz CT molecular complexity index is 577. The van der Waals surface area contributed by atoms with Gasteiger partial charge in [0.05, 0.1) is 0 Å². The highest BCUT2D eigenvalue weighted by atomic mass is 32.3. The molecular formula is C5H15NO10S3. The summed E-state index contributed by atoms with van der Waals surface area (Å²) in [5.74, 6) is 0. The molecule has 19 heavy (non-hydrogen) atoms. The zero-order valence-corrected chi connectivity index (χ0v) is 12.2. The molecule has 0 bridgehead atoms. The summed E-state index contributed by atoms with van der Waals surface area (Å²) in [5.41, 5.74) is 3.19. The van der Waals surface area contributed by atoms with Crippen LogP contribution in [-0.2, 0) is 30.4 Å². The maximum absolute atomic E-state index is 11.0. The molecule has 0 aliphatic heterocycles. The van der Waals surface area contributed by atoms with E-state index in [4.69, 9.17) is 19.4 Å². The van der Waals surface area contributed by atoms with Crippen LogP contribution in [0.3, 0.4) is 0 Å². The van der Waals surface area contributed by atoms with Gasteiger partial charge in [-0.1, -0.05) is 0 Å². The smallest absolute Gasteiger partial charge is 0.286 e. The van der Waals surface area contributed by atoms with Crippen LogP contribution in [0.2, 0.25) is 0 Å². The lowest BCUT2D eigenvalue weighted by Crippen LogP contribution is -2.59. The van der Waals surface area contributed by atoms with Crippen LogP contribution in [0.25, 0.3) is 0 Å². The summed E-state index contributed by atoms with van der Waals surface area (Å²) in [6.07, 6.45) is 0. The van der Waals surface area contributed by atoms with Gasteiger partial charge in [-0.25, -0.2) is 0 Å². The van der Waals surface area contributed by atoms with Crippen molar-refractivity contribution in [1.29, 1.82) is 0 Å². The Labute approximate surface area is 110 Å². The monoisotopic (exact) mass is 345 g/mol. The second kappa shape index (κ2) is 5.57. The molecule has 1 atom stereocenters. The van der Waals surface area contributed by atoms with E-state index in [0.29, 0.717) is 0 Å². The Morgan fingerprint density at radius 3 is 1.16 bits per heavy atom. The average Bonchev–Trinajstić information content (AvgIpc) is 1.89. The highest BCUT2D eigenvalue weighted by Crippen LogP contribution is 2.25. The van der Waals surface area contributed by atoms with Crippen LogP contribution in [0.4, 0.5) is 0 Å². The molecule has 0 aromatic heterocycles. The van der Waals surface area contributed by atoms with Gasteiger partial charge >= 0.3 is 0 Å². The molecule has 0 rings (SSSR count). The molecule has 0 aromatic carbocycles. The number of hydrogen-bond donors (Lipinski definition) is 4. The first-order chi connectivity index (χ1) is 7.49. The van der Waals surface area contributed by atoms with Crippen LogP contribution in [0.1, 0.15) is 13.8 Å². The van der Waals surface area contributed by atoms with E-state index < -0.39 is 45.7 Å². The van der Waals surface area contributed by atoms with E-state index in [1.807, 2.05) is 0 Å². The molecule has 11 nitrogen and oxygen atoms in total. The molecule has 14 heteroatoms. The lowest BCUT2D eigenvalue weighted by molar-refractivity contribution is 0.388. The van der Waals surface area contributed by atoms with Crippen LogP contribution in [-0.4, -0.2) is 59.8 Å². The zero-order chi connectivity index (χ0) is 15.2. The summed E-state index contributed by atoms with van der Waals surface area (Å²) in [5, 5.41) is -2.67. The van der Waals surface area contributed by atoms with Gasteiger partial charge in [0.2, 0.25) is 4.58 Å². The highest BCUT2D eigenvalue weighted by molar-refractivity contribution is 8.05. The van der Waals surface area contributed by atoms with E-state index in [2.05, 4.69) is 0 Å². The SMILES string of the molecule is CC(C)(N)C(C(S(=O)(=O)O)S(=O)(=O)O)S(=O)(=O)O.O. The van der Waals surface area contributed by atoms with Gasteiger partial charge in [0.15, 0.2) is 0 Å². The first-order valence-corrected chi connectivity index (χ1v) is 8.68. The predicted octanol–water partition coefficient (Wildman–Crippen LogP) is -2.74.